The summed E-state index contributed by atoms with van der Waals surface area (Å²) in [5.41, 5.74) is 2.06. The first-order valence-electron chi connectivity index (χ1n) is 6.20. The lowest BCUT2D eigenvalue weighted by Gasteiger charge is -2.12. The molecule has 2 rings (SSSR count). The Labute approximate surface area is 124 Å². The number of para-hydroxylation sites is 1. The molecule has 0 aliphatic rings. The van der Waals surface area contributed by atoms with E-state index in [1.807, 2.05) is 31.2 Å². The Hall–Kier alpha value is -1.75. The Morgan fingerprint density at radius 3 is 2.80 bits per heavy atom. The first-order chi connectivity index (χ1) is 9.26. The Morgan fingerprint density at radius 1 is 1.35 bits per heavy atom. The molecule has 1 aromatic carbocycles. The van der Waals surface area contributed by atoms with Gasteiger partial charge in [0.25, 0.3) is 0 Å². The first kappa shape index (κ1) is 16.3. The fourth-order valence-corrected chi connectivity index (χ4v) is 1.99. The van der Waals surface area contributed by atoms with E-state index >= 15 is 0 Å². The summed E-state index contributed by atoms with van der Waals surface area (Å²) in [6.07, 6.45) is 1.74. The summed E-state index contributed by atoms with van der Waals surface area (Å²) in [5, 5.41) is 7.43. The van der Waals surface area contributed by atoms with Crippen LogP contribution in [0.1, 0.15) is 11.1 Å². The smallest absolute Gasteiger partial charge is 0.127 e. The van der Waals surface area contributed by atoms with Crippen LogP contribution in [0.15, 0.2) is 30.5 Å². The maximum Gasteiger partial charge on any atom is 0.127 e. The lowest BCUT2D eigenvalue weighted by Crippen LogP contribution is -2.10. The summed E-state index contributed by atoms with van der Waals surface area (Å²) in [6, 6.07) is 7.81. The zero-order chi connectivity index (χ0) is 13.7. The van der Waals surface area contributed by atoms with Crippen LogP contribution >= 0.6 is 12.4 Å². The second kappa shape index (κ2) is 7.75. The van der Waals surface area contributed by atoms with E-state index in [2.05, 4.69) is 10.4 Å². The van der Waals surface area contributed by atoms with Crippen LogP contribution < -0.4 is 10.1 Å². The highest BCUT2D eigenvalue weighted by Gasteiger charge is 2.08. The molecule has 0 unspecified atom stereocenters. The third-order valence-corrected chi connectivity index (χ3v) is 2.96. The average Bonchev–Trinajstić information content (AvgIpc) is 2.78. The van der Waals surface area contributed by atoms with Crippen molar-refractivity contribution in [2.24, 2.45) is 0 Å². The van der Waals surface area contributed by atoms with Crippen LogP contribution in [0.3, 0.4) is 0 Å². The normalized spacial score (nSPS) is 9.95. The summed E-state index contributed by atoms with van der Waals surface area (Å²) < 4.78 is 19.4. The summed E-state index contributed by atoms with van der Waals surface area (Å²) in [6.45, 7) is 2.40. The van der Waals surface area contributed by atoms with Crippen molar-refractivity contribution in [3.05, 3.63) is 41.6 Å². The molecule has 6 heteroatoms. The molecular formula is C14H19ClFN3O. The molecule has 1 heterocycles. The zero-order valence-electron chi connectivity index (χ0n) is 11.6. The molecule has 0 atom stereocenters. The number of hydrogen-bond acceptors (Lipinski definition) is 3. The number of ether oxygens (including phenoxy) is 1. The Balaban J connectivity index is 0.00000200. The molecule has 0 spiro atoms. The molecule has 0 saturated carbocycles. The first-order valence-corrected chi connectivity index (χ1v) is 6.20. The van der Waals surface area contributed by atoms with Crippen LogP contribution in [0.2, 0.25) is 0 Å². The van der Waals surface area contributed by atoms with Gasteiger partial charge in [0.15, 0.2) is 0 Å². The molecule has 2 aromatic rings. The Kier molecular flexibility index (Phi) is 6.31. The van der Waals surface area contributed by atoms with Crippen molar-refractivity contribution < 1.29 is 9.13 Å². The number of nitrogens with zero attached hydrogens (tertiary/aromatic N) is 2. The lowest BCUT2D eigenvalue weighted by atomic mass is 10.2. The number of aryl methyl sites for hydroxylation is 2. The van der Waals surface area contributed by atoms with Crippen molar-refractivity contribution in [3.63, 3.8) is 0 Å². The second-order valence-corrected chi connectivity index (χ2v) is 4.25. The molecule has 0 saturated heterocycles. The molecule has 4 nitrogen and oxygen atoms in total. The number of nitrogens with one attached hydrogen (secondary N) is 1. The fraction of sp³-hybridized carbons (Fsp3) is 0.357. The maximum absolute atomic E-state index is 12.4. The van der Waals surface area contributed by atoms with Gasteiger partial charge in [0.05, 0.1) is 19.9 Å². The van der Waals surface area contributed by atoms with Gasteiger partial charge in [-0.05, 0) is 13.0 Å². The highest BCUT2D eigenvalue weighted by atomic mass is 35.5. The maximum atomic E-state index is 12.4. The van der Waals surface area contributed by atoms with Gasteiger partial charge >= 0.3 is 0 Å². The van der Waals surface area contributed by atoms with E-state index in [9.17, 15) is 4.39 Å². The molecule has 0 aliphatic carbocycles. The predicted molar refractivity (Wildman–Crippen MR) is 80.5 cm³/mol. The second-order valence-electron chi connectivity index (χ2n) is 4.25. The van der Waals surface area contributed by atoms with Crippen molar-refractivity contribution in [1.82, 2.24) is 9.78 Å². The summed E-state index contributed by atoms with van der Waals surface area (Å²) in [5.74, 6) is 1.69. The van der Waals surface area contributed by atoms with E-state index in [-0.39, 0.29) is 19.0 Å². The van der Waals surface area contributed by atoms with Gasteiger partial charge in [-0.2, -0.15) is 5.10 Å². The van der Waals surface area contributed by atoms with Gasteiger partial charge in [-0.1, -0.05) is 18.2 Å². The van der Waals surface area contributed by atoms with Crippen LogP contribution in [0, 0.1) is 6.92 Å². The number of alkyl halides is 1. The molecule has 110 valence electrons. The summed E-state index contributed by atoms with van der Waals surface area (Å²) >= 11 is 0. The van der Waals surface area contributed by atoms with Crippen molar-refractivity contribution >= 4 is 18.2 Å². The summed E-state index contributed by atoms with van der Waals surface area (Å²) in [7, 11) is 1.65. The minimum atomic E-state index is -0.426. The lowest BCUT2D eigenvalue weighted by molar-refractivity contribution is 0.410. The molecule has 0 fully saturated rings. The zero-order valence-corrected chi connectivity index (χ0v) is 12.4. The summed E-state index contributed by atoms with van der Waals surface area (Å²) in [4.78, 5) is 0. The van der Waals surface area contributed by atoms with Crippen LogP contribution in [0.5, 0.6) is 5.75 Å². The van der Waals surface area contributed by atoms with E-state index < -0.39 is 6.67 Å². The van der Waals surface area contributed by atoms with Crippen LogP contribution in [0.25, 0.3) is 0 Å². The molecule has 0 bridgehead atoms. The van der Waals surface area contributed by atoms with Crippen molar-refractivity contribution in [2.75, 3.05) is 19.1 Å². The number of aromatic nitrogens is 2. The largest absolute Gasteiger partial charge is 0.496 e. The number of halogens is 2. The topological polar surface area (TPSA) is 39.1 Å². The van der Waals surface area contributed by atoms with Crippen molar-refractivity contribution in [3.8, 4) is 5.75 Å². The van der Waals surface area contributed by atoms with Gasteiger partial charge in [0, 0.05) is 17.7 Å². The van der Waals surface area contributed by atoms with E-state index in [1.165, 1.54) is 0 Å². The van der Waals surface area contributed by atoms with Gasteiger partial charge in [0.1, 0.15) is 18.2 Å². The van der Waals surface area contributed by atoms with E-state index in [1.54, 1.807) is 18.0 Å². The molecule has 1 aromatic heterocycles. The monoisotopic (exact) mass is 299 g/mol. The van der Waals surface area contributed by atoms with Crippen LogP contribution in [0.4, 0.5) is 10.2 Å². The molecular weight excluding hydrogens is 281 g/mol. The third kappa shape index (κ3) is 3.63. The predicted octanol–water partition coefficient (Wildman–Crippen LogP) is 3.20. The van der Waals surface area contributed by atoms with Crippen molar-refractivity contribution in [2.45, 2.75) is 20.0 Å². The minimum Gasteiger partial charge on any atom is -0.496 e. The number of anilines is 1. The van der Waals surface area contributed by atoms with Crippen molar-refractivity contribution in [1.29, 1.82) is 0 Å². The Bertz CT molecular complexity index is 545. The molecule has 0 aliphatic heterocycles. The van der Waals surface area contributed by atoms with E-state index in [0.29, 0.717) is 6.54 Å². The van der Waals surface area contributed by atoms with Gasteiger partial charge < -0.3 is 10.1 Å². The van der Waals surface area contributed by atoms with E-state index in [0.717, 1.165) is 22.7 Å². The molecule has 1 N–H and O–H groups in total. The minimum absolute atomic E-state index is 0. The number of hydrogen-bond donors (Lipinski definition) is 1. The van der Waals surface area contributed by atoms with Gasteiger partial charge in [-0.3, -0.25) is 0 Å². The number of rotatable bonds is 6. The highest BCUT2D eigenvalue weighted by molar-refractivity contribution is 5.85. The molecule has 20 heavy (non-hydrogen) atoms. The number of benzene rings is 1. The standard InChI is InChI=1S/C14H18FN3O.ClH/c1-11-9-17-18(8-7-15)14(11)16-10-12-5-3-4-6-13(12)19-2;/h3-6,9,16H,7-8,10H2,1-2H3;1H. The Morgan fingerprint density at radius 2 is 2.10 bits per heavy atom. The quantitative estimate of drug-likeness (QED) is 0.890. The number of methoxy groups -OCH3 is 1. The third-order valence-electron chi connectivity index (χ3n) is 2.96. The molecule has 0 amide bonds. The van der Waals surface area contributed by atoms with Gasteiger partial charge in [-0.15, -0.1) is 12.4 Å². The van der Waals surface area contributed by atoms with Crippen LogP contribution in [-0.2, 0) is 13.1 Å². The van der Waals surface area contributed by atoms with Gasteiger partial charge in [0.2, 0.25) is 0 Å². The van der Waals surface area contributed by atoms with Crippen LogP contribution in [-0.4, -0.2) is 23.6 Å². The van der Waals surface area contributed by atoms with E-state index in [4.69, 9.17) is 4.74 Å². The average molecular weight is 300 g/mol. The molecule has 0 radical (unpaired) electrons. The van der Waals surface area contributed by atoms with Gasteiger partial charge in [-0.25, -0.2) is 9.07 Å². The SMILES string of the molecule is COc1ccccc1CNc1c(C)cnn1CCF.Cl. The highest BCUT2D eigenvalue weighted by Crippen LogP contribution is 2.20. The fourth-order valence-electron chi connectivity index (χ4n) is 1.99.